The van der Waals surface area contributed by atoms with Crippen molar-refractivity contribution in [2.45, 2.75) is 6.92 Å². The summed E-state index contributed by atoms with van der Waals surface area (Å²) in [4.78, 5) is 0. The minimum absolute atomic E-state index is 0.468. The van der Waals surface area contributed by atoms with Gasteiger partial charge < -0.3 is 14.2 Å². The van der Waals surface area contributed by atoms with Gasteiger partial charge in [0.25, 0.3) is 0 Å². The SMILES string of the molecule is COc1ccccc1OCCOc1ccc(Br)cc1C. The van der Waals surface area contributed by atoms with Crippen molar-refractivity contribution in [3.8, 4) is 17.2 Å². The Morgan fingerprint density at radius 3 is 2.20 bits per heavy atom. The molecule has 2 aromatic carbocycles. The van der Waals surface area contributed by atoms with Gasteiger partial charge in [-0.3, -0.25) is 0 Å². The average Bonchev–Trinajstić information content (AvgIpc) is 2.46. The molecule has 106 valence electrons. The molecule has 0 fully saturated rings. The van der Waals surface area contributed by atoms with Crippen LogP contribution in [0.15, 0.2) is 46.9 Å². The first kappa shape index (κ1) is 14.7. The fraction of sp³-hybridized carbons (Fsp3) is 0.250. The quantitative estimate of drug-likeness (QED) is 0.739. The Hall–Kier alpha value is -1.68. The summed E-state index contributed by atoms with van der Waals surface area (Å²) in [6.45, 7) is 2.97. The normalized spacial score (nSPS) is 10.2. The van der Waals surface area contributed by atoms with Crippen LogP contribution < -0.4 is 14.2 Å². The van der Waals surface area contributed by atoms with E-state index in [9.17, 15) is 0 Å². The molecule has 0 aliphatic carbocycles. The molecule has 0 aromatic heterocycles. The number of para-hydroxylation sites is 2. The molecule has 0 unspecified atom stereocenters. The van der Waals surface area contributed by atoms with Gasteiger partial charge in [-0.25, -0.2) is 0 Å². The van der Waals surface area contributed by atoms with Crippen molar-refractivity contribution in [2.24, 2.45) is 0 Å². The first-order valence-corrected chi connectivity index (χ1v) is 7.15. The zero-order valence-electron chi connectivity index (χ0n) is 11.6. The summed E-state index contributed by atoms with van der Waals surface area (Å²) in [5.74, 6) is 2.33. The molecule has 20 heavy (non-hydrogen) atoms. The zero-order valence-corrected chi connectivity index (χ0v) is 13.1. The summed E-state index contributed by atoms with van der Waals surface area (Å²) in [5.41, 5.74) is 1.09. The smallest absolute Gasteiger partial charge is 0.161 e. The highest BCUT2D eigenvalue weighted by Crippen LogP contribution is 2.26. The number of methoxy groups -OCH3 is 1. The zero-order chi connectivity index (χ0) is 14.4. The summed E-state index contributed by atoms with van der Waals surface area (Å²) in [5, 5.41) is 0. The van der Waals surface area contributed by atoms with E-state index in [4.69, 9.17) is 14.2 Å². The second-order valence-corrected chi connectivity index (χ2v) is 5.17. The minimum Gasteiger partial charge on any atom is -0.493 e. The van der Waals surface area contributed by atoms with Crippen molar-refractivity contribution in [2.75, 3.05) is 20.3 Å². The van der Waals surface area contributed by atoms with Gasteiger partial charge in [0.15, 0.2) is 11.5 Å². The lowest BCUT2D eigenvalue weighted by molar-refractivity contribution is 0.210. The van der Waals surface area contributed by atoms with Crippen LogP contribution >= 0.6 is 15.9 Å². The largest absolute Gasteiger partial charge is 0.493 e. The van der Waals surface area contributed by atoms with Gasteiger partial charge in [-0.2, -0.15) is 0 Å². The van der Waals surface area contributed by atoms with Crippen molar-refractivity contribution < 1.29 is 14.2 Å². The first-order valence-electron chi connectivity index (χ1n) is 6.35. The van der Waals surface area contributed by atoms with Gasteiger partial charge in [-0.05, 0) is 42.8 Å². The van der Waals surface area contributed by atoms with Crippen LogP contribution in [0.5, 0.6) is 17.2 Å². The van der Waals surface area contributed by atoms with Crippen LogP contribution in [0.25, 0.3) is 0 Å². The van der Waals surface area contributed by atoms with Gasteiger partial charge in [0.2, 0.25) is 0 Å². The Morgan fingerprint density at radius 2 is 1.55 bits per heavy atom. The van der Waals surface area contributed by atoms with Crippen molar-refractivity contribution >= 4 is 15.9 Å². The Balaban J connectivity index is 1.84. The molecular weight excluding hydrogens is 320 g/mol. The van der Waals surface area contributed by atoms with Crippen LogP contribution in [-0.4, -0.2) is 20.3 Å². The lowest BCUT2D eigenvalue weighted by Gasteiger charge is -2.12. The predicted molar refractivity (Wildman–Crippen MR) is 82.9 cm³/mol. The first-order chi connectivity index (χ1) is 9.70. The van der Waals surface area contributed by atoms with Crippen molar-refractivity contribution in [1.29, 1.82) is 0 Å². The van der Waals surface area contributed by atoms with Crippen molar-refractivity contribution in [3.05, 3.63) is 52.5 Å². The second kappa shape index (κ2) is 7.20. The van der Waals surface area contributed by atoms with E-state index in [-0.39, 0.29) is 0 Å². The van der Waals surface area contributed by atoms with Gasteiger partial charge in [-0.1, -0.05) is 28.1 Å². The van der Waals surface area contributed by atoms with E-state index in [0.717, 1.165) is 27.3 Å². The molecular formula is C16H17BrO3. The standard InChI is InChI=1S/C16H17BrO3/c1-12-11-13(17)7-8-14(12)19-9-10-20-16-6-4-3-5-15(16)18-2/h3-8,11H,9-10H2,1-2H3. The molecule has 0 heterocycles. The van der Waals surface area contributed by atoms with E-state index in [2.05, 4.69) is 15.9 Å². The second-order valence-electron chi connectivity index (χ2n) is 4.26. The third kappa shape index (κ3) is 3.90. The van der Waals surface area contributed by atoms with Gasteiger partial charge in [-0.15, -0.1) is 0 Å². The van der Waals surface area contributed by atoms with Crippen LogP contribution in [0.3, 0.4) is 0 Å². The van der Waals surface area contributed by atoms with Gasteiger partial charge in [0.1, 0.15) is 19.0 Å². The number of aryl methyl sites for hydroxylation is 1. The summed E-state index contributed by atoms with van der Waals surface area (Å²) in [7, 11) is 1.63. The monoisotopic (exact) mass is 336 g/mol. The van der Waals surface area contributed by atoms with Crippen molar-refractivity contribution in [3.63, 3.8) is 0 Å². The predicted octanol–water partition coefficient (Wildman–Crippen LogP) is 4.22. The summed E-state index contributed by atoms with van der Waals surface area (Å²) >= 11 is 3.43. The molecule has 0 aliphatic heterocycles. The van der Waals surface area contributed by atoms with Gasteiger partial charge in [0, 0.05) is 4.47 Å². The molecule has 0 saturated carbocycles. The van der Waals surface area contributed by atoms with E-state index in [1.54, 1.807) is 7.11 Å². The lowest BCUT2D eigenvalue weighted by Crippen LogP contribution is -2.10. The molecule has 3 nitrogen and oxygen atoms in total. The molecule has 0 atom stereocenters. The van der Waals surface area contributed by atoms with E-state index < -0.39 is 0 Å². The van der Waals surface area contributed by atoms with E-state index in [1.165, 1.54) is 0 Å². The van der Waals surface area contributed by atoms with E-state index >= 15 is 0 Å². The molecule has 0 amide bonds. The molecule has 0 bridgehead atoms. The number of ether oxygens (including phenoxy) is 3. The Labute approximate surface area is 127 Å². The summed E-state index contributed by atoms with van der Waals surface area (Å²) < 4.78 is 17.6. The molecule has 2 aromatic rings. The maximum Gasteiger partial charge on any atom is 0.161 e. The van der Waals surface area contributed by atoms with Crippen LogP contribution in [-0.2, 0) is 0 Å². The highest BCUT2D eigenvalue weighted by Gasteiger charge is 2.03. The fourth-order valence-corrected chi connectivity index (χ4v) is 2.29. The fourth-order valence-electron chi connectivity index (χ4n) is 1.82. The summed E-state index contributed by atoms with van der Waals surface area (Å²) in [6.07, 6.45) is 0. The van der Waals surface area contributed by atoms with Crippen LogP contribution in [0.4, 0.5) is 0 Å². The third-order valence-electron chi connectivity index (χ3n) is 2.80. The molecule has 0 saturated heterocycles. The third-order valence-corrected chi connectivity index (χ3v) is 3.30. The van der Waals surface area contributed by atoms with Gasteiger partial charge in [0.05, 0.1) is 7.11 Å². The minimum atomic E-state index is 0.468. The highest BCUT2D eigenvalue weighted by atomic mass is 79.9. The molecule has 0 N–H and O–H groups in total. The Bertz CT molecular complexity index is 569. The maximum atomic E-state index is 5.70. The average molecular weight is 337 g/mol. The number of rotatable bonds is 6. The number of hydrogen-bond donors (Lipinski definition) is 0. The van der Waals surface area contributed by atoms with Gasteiger partial charge >= 0.3 is 0 Å². The van der Waals surface area contributed by atoms with E-state index in [1.807, 2.05) is 49.4 Å². The molecule has 0 radical (unpaired) electrons. The lowest BCUT2D eigenvalue weighted by atomic mass is 10.2. The Morgan fingerprint density at radius 1 is 0.900 bits per heavy atom. The van der Waals surface area contributed by atoms with Crippen LogP contribution in [0.2, 0.25) is 0 Å². The maximum absolute atomic E-state index is 5.70. The van der Waals surface area contributed by atoms with Crippen LogP contribution in [0.1, 0.15) is 5.56 Å². The van der Waals surface area contributed by atoms with Crippen LogP contribution in [0, 0.1) is 6.92 Å². The molecule has 2 rings (SSSR count). The molecule has 0 aliphatic rings. The topological polar surface area (TPSA) is 27.7 Å². The Kier molecular flexibility index (Phi) is 5.30. The molecule has 0 spiro atoms. The number of hydrogen-bond acceptors (Lipinski definition) is 3. The van der Waals surface area contributed by atoms with E-state index in [0.29, 0.717) is 13.2 Å². The number of halogens is 1. The highest BCUT2D eigenvalue weighted by molar-refractivity contribution is 9.10. The summed E-state index contributed by atoms with van der Waals surface area (Å²) in [6, 6.07) is 13.5. The number of benzene rings is 2. The molecule has 4 heteroatoms. The van der Waals surface area contributed by atoms with Crippen molar-refractivity contribution in [1.82, 2.24) is 0 Å².